The molecule has 4 rings (SSSR count). The Balaban J connectivity index is 1.43. The first-order chi connectivity index (χ1) is 14.0. The summed E-state index contributed by atoms with van der Waals surface area (Å²) in [6, 6.07) is 17.8. The van der Waals surface area contributed by atoms with Crippen LogP contribution in [0.3, 0.4) is 0 Å². The number of hydrogen-bond acceptors (Lipinski definition) is 5. The van der Waals surface area contributed by atoms with Crippen molar-refractivity contribution in [3.8, 4) is 11.3 Å². The van der Waals surface area contributed by atoms with Crippen LogP contribution in [-0.2, 0) is 0 Å². The van der Waals surface area contributed by atoms with E-state index >= 15 is 0 Å². The molecule has 148 valence electrons. The predicted molar refractivity (Wildman–Crippen MR) is 118 cm³/mol. The number of non-ortho nitro benzene ring substituents is 1. The average molecular weight is 428 g/mol. The van der Waals surface area contributed by atoms with E-state index in [1.165, 1.54) is 12.1 Å². The van der Waals surface area contributed by atoms with Crippen LogP contribution in [0.1, 0.15) is 5.76 Å². The quantitative estimate of drug-likeness (QED) is 0.331. The molecule has 2 aromatic carbocycles. The first kappa shape index (κ1) is 19.4. The number of benzene rings is 2. The molecule has 8 heteroatoms. The van der Waals surface area contributed by atoms with E-state index in [9.17, 15) is 10.1 Å². The number of nitrogens with zero attached hydrogens (tertiary/aromatic N) is 3. The van der Waals surface area contributed by atoms with Gasteiger partial charge < -0.3 is 14.2 Å². The molecule has 1 aliphatic heterocycles. The molecule has 0 saturated carbocycles. The SMILES string of the molecule is O=[N+]([O-])c1cccc(-c2ccc(C(=S)N3CCN(c4ccc(Cl)cc4)CC3)o2)c1. The number of halogens is 1. The number of nitro benzene ring substituents is 1. The van der Waals surface area contributed by atoms with Crippen LogP contribution in [0.15, 0.2) is 65.1 Å². The van der Waals surface area contributed by atoms with E-state index < -0.39 is 4.92 Å². The first-order valence-corrected chi connectivity index (χ1v) is 9.94. The minimum atomic E-state index is -0.418. The number of nitro groups is 1. The Morgan fingerprint density at radius 1 is 1.03 bits per heavy atom. The van der Waals surface area contributed by atoms with E-state index in [0.29, 0.717) is 22.1 Å². The van der Waals surface area contributed by atoms with Gasteiger partial charge in [0.2, 0.25) is 0 Å². The van der Waals surface area contributed by atoms with Crippen molar-refractivity contribution in [2.45, 2.75) is 0 Å². The lowest BCUT2D eigenvalue weighted by molar-refractivity contribution is -0.384. The van der Waals surface area contributed by atoms with Crippen LogP contribution in [0.5, 0.6) is 0 Å². The molecule has 0 spiro atoms. The number of piperazine rings is 1. The van der Waals surface area contributed by atoms with Crippen molar-refractivity contribution < 1.29 is 9.34 Å². The highest BCUT2D eigenvalue weighted by atomic mass is 35.5. The monoisotopic (exact) mass is 427 g/mol. The Morgan fingerprint density at radius 3 is 2.45 bits per heavy atom. The van der Waals surface area contributed by atoms with Crippen molar-refractivity contribution in [3.63, 3.8) is 0 Å². The van der Waals surface area contributed by atoms with Gasteiger partial charge in [-0.2, -0.15) is 0 Å². The van der Waals surface area contributed by atoms with Crippen molar-refractivity contribution in [1.82, 2.24) is 4.90 Å². The fraction of sp³-hybridized carbons (Fsp3) is 0.190. The van der Waals surface area contributed by atoms with Gasteiger partial charge in [0.05, 0.1) is 4.92 Å². The molecule has 1 aliphatic rings. The van der Waals surface area contributed by atoms with Gasteiger partial charge in [0.25, 0.3) is 5.69 Å². The van der Waals surface area contributed by atoms with Crippen LogP contribution in [-0.4, -0.2) is 41.0 Å². The molecular weight excluding hydrogens is 410 g/mol. The summed E-state index contributed by atoms with van der Waals surface area (Å²) in [5.74, 6) is 1.16. The van der Waals surface area contributed by atoms with E-state index in [4.69, 9.17) is 28.2 Å². The summed E-state index contributed by atoms with van der Waals surface area (Å²) in [6.07, 6.45) is 0. The van der Waals surface area contributed by atoms with Crippen molar-refractivity contribution in [3.05, 3.63) is 81.6 Å². The summed E-state index contributed by atoms with van der Waals surface area (Å²) in [7, 11) is 0. The lowest BCUT2D eigenvalue weighted by Crippen LogP contribution is -2.48. The Kier molecular flexibility index (Phi) is 5.51. The zero-order valence-electron chi connectivity index (χ0n) is 15.5. The summed E-state index contributed by atoms with van der Waals surface area (Å²) in [5, 5.41) is 11.7. The zero-order valence-corrected chi connectivity index (χ0v) is 17.0. The Hall–Kier alpha value is -2.90. The van der Waals surface area contributed by atoms with Gasteiger partial charge in [-0.1, -0.05) is 36.0 Å². The van der Waals surface area contributed by atoms with Gasteiger partial charge >= 0.3 is 0 Å². The maximum atomic E-state index is 11.0. The third-order valence-corrected chi connectivity index (χ3v) is 5.63. The molecule has 0 radical (unpaired) electrons. The molecule has 0 N–H and O–H groups in total. The van der Waals surface area contributed by atoms with E-state index in [-0.39, 0.29) is 5.69 Å². The number of hydrogen-bond donors (Lipinski definition) is 0. The van der Waals surface area contributed by atoms with Crippen molar-refractivity contribution in [1.29, 1.82) is 0 Å². The summed E-state index contributed by atoms with van der Waals surface area (Å²) < 4.78 is 5.91. The molecule has 0 atom stereocenters. The van der Waals surface area contributed by atoms with Gasteiger partial charge in [-0.3, -0.25) is 10.1 Å². The Morgan fingerprint density at radius 2 is 1.76 bits per heavy atom. The second-order valence-electron chi connectivity index (χ2n) is 6.73. The smallest absolute Gasteiger partial charge is 0.270 e. The highest BCUT2D eigenvalue weighted by molar-refractivity contribution is 7.80. The fourth-order valence-electron chi connectivity index (χ4n) is 3.36. The molecule has 0 aliphatic carbocycles. The zero-order chi connectivity index (χ0) is 20.4. The molecular formula is C21H18ClN3O3S. The standard InChI is InChI=1S/C21H18ClN3O3S/c22-16-4-6-17(7-5-16)23-10-12-24(13-11-23)21(29)20-9-8-19(28-20)15-2-1-3-18(14-15)25(26)27/h1-9,14H,10-13H2. The highest BCUT2D eigenvalue weighted by Crippen LogP contribution is 2.27. The fourth-order valence-corrected chi connectivity index (χ4v) is 3.77. The van der Waals surface area contributed by atoms with E-state index in [1.54, 1.807) is 18.2 Å². The van der Waals surface area contributed by atoms with Crippen LogP contribution in [0.2, 0.25) is 5.02 Å². The summed E-state index contributed by atoms with van der Waals surface area (Å²) in [5.41, 5.74) is 1.83. The second kappa shape index (κ2) is 8.23. The van der Waals surface area contributed by atoms with Crippen LogP contribution < -0.4 is 4.90 Å². The minimum Gasteiger partial charge on any atom is -0.454 e. The summed E-state index contributed by atoms with van der Waals surface area (Å²) in [6.45, 7) is 3.27. The molecule has 1 fully saturated rings. The molecule has 0 bridgehead atoms. The van der Waals surface area contributed by atoms with E-state index in [2.05, 4.69) is 9.80 Å². The molecule has 3 aromatic rings. The van der Waals surface area contributed by atoms with Crippen LogP contribution in [0.25, 0.3) is 11.3 Å². The van der Waals surface area contributed by atoms with Crippen molar-refractivity contribution in [2.75, 3.05) is 31.1 Å². The topological polar surface area (TPSA) is 62.8 Å². The molecule has 0 unspecified atom stereocenters. The lowest BCUT2D eigenvalue weighted by atomic mass is 10.1. The predicted octanol–water partition coefficient (Wildman–Crippen LogP) is 5.01. The minimum absolute atomic E-state index is 0.0290. The number of rotatable bonds is 4. The van der Waals surface area contributed by atoms with Gasteiger partial charge in [0.15, 0.2) is 5.76 Å². The third kappa shape index (κ3) is 4.26. The van der Waals surface area contributed by atoms with Crippen molar-refractivity contribution in [2.24, 2.45) is 0 Å². The molecule has 1 aromatic heterocycles. The van der Waals surface area contributed by atoms with Crippen LogP contribution in [0.4, 0.5) is 11.4 Å². The normalized spacial score (nSPS) is 14.1. The third-order valence-electron chi connectivity index (χ3n) is 4.92. The van der Waals surface area contributed by atoms with Crippen LogP contribution >= 0.6 is 23.8 Å². The Bertz CT molecular complexity index is 1040. The average Bonchev–Trinajstić information content (AvgIpc) is 3.24. The van der Waals surface area contributed by atoms with Gasteiger partial charge in [-0.15, -0.1) is 0 Å². The lowest BCUT2D eigenvalue weighted by Gasteiger charge is -2.37. The van der Waals surface area contributed by atoms with Gasteiger partial charge in [0, 0.05) is 54.6 Å². The van der Waals surface area contributed by atoms with Crippen molar-refractivity contribution >= 4 is 40.2 Å². The molecule has 29 heavy (non-hydrogen) atoms. The van der Waals surface area contributed by atoms with E-state index in [1.807, 2.05) is 30.3 Å². The Labute approximate surface area is 178 Å². The van der Waals surface area contributed by atoms with Crippen LogP contribution in [0, 0.1) is 10.1 Å². The highest BCUT2D eigenvalue weighted by Gasteiger charge is 2.22. The molecule has 0 amide bonds. The van der Waals surface area contributed by atoms with Gasteiger partial charge in [-0.25, -0.2) is 0 Å². The molecule has 6 nitrogen and oxygen atoms in total. The maximum absolute atomic E-state index is 11.0. The number of thiocarbonyl (C=S) groups is 1. The van der Waals surface area contributed by atoms with E-state index in [0.717, 1.165) is 36.9 Å². The summed E-state index contributed by atoms with van der Waals surface area (Å²) >= 11 is 11.6. The second-order valence-corrected chi connectivity index (χ2v) is 7.55. The molecule has 2 heterocycles. The van der Waals surface area contributed by atoms with Gasteiger partial charge in [-0.05, 0) is 36.4 Å². The maximum Gasteiger partial charge on any atom is 0.270 e. The molecule has 1 saturated heterocycles. The first-order valence-electron chi connectivity index (χ1n) is 9.16. The number of anilines is 1. The summed E-state index contributed by atoms with van der Waals surface area (Å²) in [4.78, 5) is 15.6. The number of furan rings is 1. The largest absolute Gasteiger partial charge is 0.454 e. The van der Waals surface area contributed by atoms with Gasteiger partial charge in [0.1, 0.15) is 10.7 Å².